The van der Waals surface area contributed by atoms with Gasteiger partial charge in [-0.25, -0.2) is 0 Å². The van der Waals surface area contributed by atoms with Crippen molar-refractivity contribution in [3.8, 4) is 0 Å². The van der Waals surface area contributed by atoms with Crippen LogP contribution in [0.5, 0.6) is 0 Å². The van der Waals surface area contributed by atoms with Gasteiger partial charge in [-0.3, -0.25) is 0 Å². The van der Waals surface area contributed by atoms with Crippen LogP contribution in [0.1, 0.15) is 18.8 Å². The summed E-state index contributed by atoms with van der Waals surface area (Å²) < 4.78 is 0. The van der Waals surface area contributed by atoms with Crippen LogP contribution in [0.25, 0.3) is 0 Å². The second-order valence-electron chi connectivity index (χ2n) is 4.62. The normalized spacial score (nSPS) is 12.0. The smallest absolute Gasteiger partial charge is 0.229 e. The highest BCUT2D eigenvalue weighted by Crippen LogP contribution is 2.20. The molecule has 0 aliphatic heterocycles. The SMILES string of the molecule is CC(Nc1ccc(Cl)cc1)c1nc(N)nc(N(C)C)n1. The molecule has 20 heavy (non-hydrogen) atoms. The van der Waals surface area contributed by atoms with E-state index in [1.165, 1.54) is 0 Å². The van der Waals surface area contributed by atoms with Crippen LogP contribution in [0.3, 0.4) is 0 Å². The van der Waals surface area contributed by atoms with Crippen molar-refractivity contribution in [1.82, 2.24) is 15.0 Å². The van der Waals surface area contributed by atoms with Crippen molar-refractivity contribution in [2.45, 2.75) is 13.0 Å². The van der Waals surface area contributed by atoms with E-state index in [4.69, 9.17) is 17.3 Å². The average Bonchev–Trinajstić information content (AvgIpc) is 2.40. The van der Waals surface area contributed by atoms with Gasteiger partial charge in [0.1, 0.15) is 0 Å². The van der Waals surface area contributed by atoms with Crippen molar-refractivity contribution < 1.29 is 0 Å². The van der Waals surface area contributed by atoms with E-state index in [0.717, 1.165) is 5.69 Å². The molecule has 0 fully saturated rings. The summed E-state index contributed by atoms with van der Waals surface area (Å²) in [5, 5.41) is 3.99. The molecule has 6 nitrogen and oxygen atoms in total. The maximum absolute atomic E-state index is 5.86. The zero-order valence-corrected chi connectivity index (χ0v) is 12.4. The van der Waals surface area contributed by atoms with Crippen LogP contribution in [0.15, 0.2) is 24.3 Å². The number of nitrogens with two attached hydrogens (primary N) is 1. The summed E-state index contributed by atoms with van der Waals surface area (Å²) in [6, 6.07) is 7.35. The minimum absolute atomic E-state index is 0.0971. The van der Waals surface area contributed by atoms with Crippen molar-refractivity contribution >= 4 is 29.2 Å². The zero-order valence-electron chi connectivity index (χ0n) is 11.6. The number of hydrogen-bond donors (Lipinski definition) is 2. The van der Waals surface area contributed by atoms with E-state index in [1.807, 2.05) is 45.3 Å². The maximum atomic E-state index is 5.86. The molecule has 0 bridgehead atoms. The van der Waals surface area contributed by atoms with Crippen molar-refractivity contribution in [3.05, 3.63) is 35.1 Å². The van der Waals surface area contributed by atoms with Crippen LogP contribution in [0, 0.1) is 0 Å². The lowest BCUT2D eigenvalue weighted by molar-refractivity contribution is 0.771. The molecule has 0 spiro atoms. The molecule has 0 radical (unpaired) electrons. The molecule has 2 aromatic rings. The minimum atomic E-state index is -0.0971. The molecule has 106 valence electrons. The van der Waals surface area contributed by atoms with E-state index < -0.39 is 0 Å². The van der Waals surface area contributed by atoms with E-state index >= 15 is 0 Å². The second kappa shape index (κ2) is 5.92. The van der Waals surface area contributed by atoms with Crippen LogP contribution >= 0.6 is 11.6 Å². The summed E-state index contributed by atoms with van der Waals surface area (Å²) >= 11 is 5.86. The molecule has 1 aromatic carbocycles. The van der Waals surface area contributed by atoms with Crippen molar-refractivity contribution in [3.63, 3.8) is 0 Å². The first kappa shape index (κ1) is 14.3. The Bertz CT molecular complexity index is 584. The summed E-state index contributed by atoms with van der Waals surface area (Å²) in [5.74, 6) is 1.34. The van der Waals surface area contributed by atoms with Crippen molar-refractivity contribution in [2.24, 2.45) is 0 Å². The van der Waals surface area contributed by atoms with E-state index in [-0.39, 0.29) is 12.0 Å². The van der Waals surface area contributed by atoms with Gasteiger partial charge in [-0.15, -0.1) is 0 Å². The highest BCUT2D eigenvalue weighted by atomic mass is 35.5. The molecule has 0 saturated heterocycles. The molecule has 2 rings (SSSR count). The molecule has 0 aliphatic carbocycles. The van der Waals surface area contributed by atoms with Gasteiger partial charge in [0, 0.05) is 24.8 Å². The lowest BCUT2D eigenvalue weighted by Gasteiger charge is -2.17. The summed E-state index contributed by atoms with van der Waals surface area (Å²) in [4.78, 5) is 14.4. The molecule has 0 aliphatic rings. The Balaban J connectivity index is 2.20. The first-order chi connectivity index (χ1) is 9.45. The van der Waals surface area contributed by atoms with E-state index in [9.17, 15) is 0 Å². The first-order valence-corrected chi connectivity index (χ1v) is 6.54. The van der Waals surface area contributed by atoms with Crippen LogP contribution in [-0.2, 0) is 0 Å². The lowest BCUT2D eigenvalue weighted by Crippen LogP contribution is -2.19. The van der Waals surface area contributed by atoms with Crippen LogP contribution in [-0.4, -0.2) is 29.0 Å². The number of rotatable bonds is 4. The Kier molecular flexibility index (Phi) is 4.24. The van der Waals surface area contributed by atoms with E-state index in [2.05, 4.69) is 20.3 Å². The fourth-order valence-electron chi connectivity index (χ4n) is 1.65. The van der Waals surface area contributed by atoms with Gasteiger partial charge in [-0.2, -0.15) is 15.0 Å². The third-order valence-electron chi connectivity index (χ3n) is 2.67. The number of hydrogen-bond acceptors (Lipinski definition) is 6. The quantitative estimate of drug-likeness (QED) is 0.900. The third kappa shape index (κ3) is 3.48. The van der Waals surface area contributed by atoms with Crippen LogP contribution in [0.2, 0.25) is 5.02 Å². The van der Waals surface area contributed by atoms with Crippen LogP contribution < -0.4 is 16.0 Å². The Morgan fingerprint density at radius 2 is 1.80 bits per heavy atom. The van der Waals surface area contributed by atoms with Crippen molar-refractivity contribution in [1.29, 1.82) is 0 Å². The van der Waals surface area contributed by atoms with Gasteiger partial charge in [0.15, 0.2) is 5.82 Å². The molecular formula is C13H17ClN6. The number of anilines is 3. The standard InChI is InChI=1S/C13H17ClN6/c1-8(16-10-6-4-9(14)5-7-10)11-17-12(15)19-13(18-11)20(2)3/h4-8,16H,1-3H3,(H2,15,17,18,19). The van der Waals surface area contributed by atoms with Gasteiger partial charge in [-0.1, -0.05) is 11.6 Å². The van der Waals surface area contributed by atoms with Gasteiger partial charge in [0.2, 0.25) is 11.9 Å². The maximum Gasteiger partial charge on any atom is 0.229 e. The molecule has 0 saturated carbocycles. The number of nitrogens with zero attached hydrogens (tertiary/aromatic N) is 4. The van der Waals surface area contributed by atoms with Crippen LogP contribution in [0.4, 0.5) is 17.6 Å². The zero-order chi connectivity index (χ0) is 14.7. The van der Waals surface area contributed by atoms with Gasteiger partial charge in [-0.05, 0) is 31.2 Å². The van der Waals surface area contributed by atoms with Crippen molar-refractivity contribution in [2.75, 3.05) is 30.0 Å². The minimum Gasteiger partial charge on any atom is -0.375 e. The lowest BCUT2D eigenvalue weighted by atomic mass is 10.2. The Morgan fingerprint density at radius 3 is 2.40 bits per heavy atom. The topological polar surface area (TPSA) is 80.0 Å². The first-order valence-electron chi connectivity index (χ1n) is 6.16. The summed E-state index contributed by atoms with van der Waals surface area (Å²) in [7, 11) is 3.71. The number of benzene rings is 1. The Morgan fingerprint density at radius 1 is 1.15 bits per heavy atom. The van der Waals surface area contributed by atoms with E-state index in [0.29, 0.717) is 16.8 Å². The van der Waals surface area contributed by atoms with E-state index in [1.54, 1.807) is 4.90 Å². The van der Waals surface area contributed by atoms with Gasteiger partial charge < -0.3 is 16.0 Å². The number of aromatic nitrogens is 3. The molecule has 1 atom stereocenters. The molecule has 7 heteroatoms. The summed E-state index contributed by atoms with van der Waals surface area (Å²) in [5.41, 5.74) is 6.65. The largest absolute Gasteiger partial charge is 0.375 e. The predicted octanol–water partition coefficient (Wildman–Crippen LogP) is 2.35. The molecular weight excluding hydrogens is 276 g/mol. The highest BCUT2D eigenvalue weighted by molar-refractivity contribution is 6.30. The van der Waals surface area contributed by atoms with Gasteiger partial charge in [0.05, 0.1) is 6.04 Å². The molecule has 0 amide bonds. The molecule has 1 unspecified atom stereocenters. The fraction of sp³-hybridized carbons (Fsp3) is 0.308. The molecule has 3 N–H and O–H groups in total. The molecule has 1 heterocycles. The monoisotopic (exact) mass is 292 g/mol. The predicted molar refractivity (Wildman–Crippen MR) is 82.1 cm³/mol. The number of nitrogen functional groups attached to an aromatic ring is 1. The number of halogens is 1. The molecule has 1 aromatic heterocycles. The highest BCUT2D eigenvalue weighted by Gasteiger charge is 2.13. The third-order valence-corrected chi connectivity index (χ3v) is 2.92. The summed E-state index contributed by atoms with van der Waals surface area (Å²) in [6.45, 7) is 1.96. The summed E-state index contributed by atoms with van der Waals surface area (Å²) in [6.07, 6.45) is 0. The number of nitrogens with one attached hydrogen (secondary N) is 1. The average molecular weight is 293 g/mol. The Hall–Kier alpha value is -2.08. The van der Waals surface area contributed by atoms with Gasteiger partial charge >= 0.3 is 0 Å². The second-order valence-corrected chi connectivity index (χ2v) is 5.06. The fourth-order valence-corrected chi connectivity index (χ4v) is 1.78. The Labute approximate surface area is 123 Å². The van der Waals surface area contributed by atoms with Gasteiger partial charge in [0.25, 0.3) is 0 Å².